The molecule has 0 aliphatic rings. The second-order valence-corrected chi connectivity index (χ2v) is 7.90. The number of nitrogens with zero attached hydrogens (tertiary/aromatic N) is 1. The van der Waals surface area contributed by atoms with Gasteiger partial charge >= 0.3 is 12.2 Å². The molecule has 27 heavy (non-hydrogen) atoms. The van der Waals surface area contributed by atoms with Gasteiger partial charge in [0.1, 0.15) is 17.0 Å². The Morgan fingerprint density at radius 1 is 0.926 bits per heavy atom. The van der Waals surface area contributed by atoms with Crippen molar-refractivity contribution in [2.45, 2.75) is 59.2 Å². The standard InChI is InChI=1S/C19H29N3O5/c1-18(2,3)26-16(24)21-15(22-17(25)27-19(4,5)6)20-12-11-13-7-9-14(23)10-8-13/h7-10,23H,11-12H2,1-6H3,(H2,20,21,22,24,25). The summed E-state index contributed by atoms with van der Waals surface area (Å²) in [5.41, 5.74) is -0.425. The number of nitrogens with one attached hydrogen (secondary N) is 2. The number of carbonyl (C=O) groups excluding carboxylic acids is 2. The fourth-order valence-electron chi connectivity index (χ4n) is 1.87. The summed E-state index contributed by atoms with van der Waals surface area (Å²) in [6.07, 6.45) is -0.917. The number of benzene rings is 1. The van der Waals surface area contributed by atoms with Crippen LogP contribution in [0.2, 0.25) is 0 Å². The van der Waals surface area contributed by atoms with Gasteiger partial charge in [0.2, 0.25) is 5.96 Å². The normalized spacial score (nSPS) is 11.3. The van der Waals surface area contributed by atoms with E-state index in [4.69, 9.17) is 9.47 Å². The van der Waals surface area contributed by atoms with Gasteiger partial charge in [-0.25, -0.2) is 9.59 Å². The molecule has 2 amide bonds. The summed E-state index contributed by atoms with van der Waals surface area (Å²) in [5, 5.41) is 14.1. The zero-order chi connectivity index (χ0) is 20.7. The second-order valence-electron chi connectivity index (χ2n) is 7.90. The molecule has 0 fully saturated rings. The lowest BCUT2D eigenvalue weighted by atomic mass is 10.1. The average Bonchev–Trinajstić information content (AvgIpc) is 2.45. The Morgan fingerprint density at radius 3 is 1.78 bits per heavy atom. The molecular weight excluding hydrogens is 350 g/mol. The van der Waals surface area contributed by atoms with Crippen LogP contribution in [0.4, 0.5) is 9.59 Å². The van der Waals surface area contributed by atoms with Crippen LogP contribution < -0.4 is 10.6 Å². The predicted octanol–water partition coefficient (Wildman–Crippen LogP) is 3.34. The molecule has 8 nitrogen and oxygen atoms in total. The molecule has 0 atom stereocenters. The number of phenolic OH excluding ortho intramolecular Hbond substituents is 1. The van der Waals surface area contributed by atoms with Crippen molar-refractivity contribution in [3.63, 3.8) is 0 Å². The van der Waals surface area contributed by atoms with Crippen molar-refractivity contribution in [1.82, 2.24) is 10.6 Å². The van der Waals surface area contributed by atoms with Crippen LogP contribution in [0, 0.1) is 0 Å². The quantitative estimate of drug-likeness (QED) is 0.551. The summed E-state index contributed by atoms with van der Waals surface area (Å²) in [7, 11) is 0. The van der Waals surface area contributed by atoms with Crippen LogP contribution >= 0.6 is 0 Å². The van der Waals surface area contributed by atoms with E-state index in [1.807, 2.05) is 0 Å². The molecule has 0 radical (unpaired) electrons. The topological polar surface area (TPSA) is 109 Å². The molecular formula is C19H29N3O5. The molecule has 3 N–H and O–H groups in total. The van der Waals surface area contributed by atoms with E-state index in [0.717, 1.165) is 5.56 Å². The lowest BCUT2D eigenvalue weighted by molar-refractivity contribution is 0.0545. The first-order valence-corrected chi connectivity index (χ1v) is 8.66. The van der Waals surface area contributed by atoms with Gasteiger partial charge in [-0.1, -0.05) is 12.1 Å². The molecule has 0 spiro atoms. The fourth-order valence-corrected chi connectivity index (χ4v) is 1.87. The van der Waals surface area contributed by atoms with Gasteiger partial charge in [0.25, 0.3) is 0 Å². The Labute approximate surface area is 160 Å². The Balaban J connectivity index is 2.77. The summed E-state index contributed by atoms with van der Waals surface area (Å²) < 4.78 is 10.4. The van der Waals surface area contributed by atoms with Crippen LogP contribution in [-0.2, 0) is 15.9 Å². The molecule has 8 heteroatoms. The summed E-state index contributed by atoms with van der Waals surface area (Å²) in [6.45, 7) is 10.7. The maximum Gasteiger partial charge on any atom is 0.414 e. The van der Waals surface area contributed by atoms with E-state index < -0.39 is 23.4 Å². The summed E-state index contributed by atoms with van der Waals surface area (Å²) in [6, 6.07) is 6.70. The first-order chi connectivity index (χ1) is 12.3. The number of aromatic hydroxyl groups is 1. The largest absolute Gasteiger partial charge is 0.508 e. The van der Waals surface area contributed by atoms with Crippen molar-refractivity contribution < 1.29 is 24.2 Å². The van der Waals surface area contributed by atoms with Crippen molar-refractivity contribution in [2.24, 2.45) is 4.99 Å². The van der Waals surface area contributed by atoms with Crippen LogP contribution in [0.5, 0.6) is 5.75 Å². The molecule has 0 aromatic heterocycles. The number of guanidine groups is 1. The van der Waals surface area contributed by atoms with E-state index in [1.54, 1.807) is 65.8 Å². The number of ether oxygens (including phenoxy) is 2. The molecule has 0 heterocycles. The molecule has 0 unspecified atom stereocenters. The highest BCUT2D eigenvalue weighted by molar-refractivity contribution is 6.01. The summed E-state index contributed by atoms with van der Waals surface area (Å²) in [4.78, 5) is 28.2. The van der Waals surface area contributed by atoms with E-state index in [2.05, 4.69) is 15.6 Å². The highest BCUT2D eigenvalue weighted by atomic mass is 16.6. The van der Waals surface area contributed by atoms with Crippen molar-refractivity contribution in [3.05, 3.63) is 29.8 Å². The minimum Gasteiger partial charge on any atom is -0.508 e. The number of carbonyl (C=O) groups is 2. The maximum absolute atomic E-state index is 12.0. The van der Waals surface area contributed by atoms with Crippen molar-refractivity contribution in [3.8, 4) is 5.75 Å². The van der Waals surface area contributed by atoms with Gasteiger partial charge in [0.05, 0.1) is 0 Å². The SMILES string of the molecule is CC(C)(C)OC(=O)NC(=NCCc1ccc(O)cc1)NC(=O)OC(C)(C)C. The van der Waals surface area contributed by atoms with Gasteiger partial charge in [0.15, 0.2) is 0 Å². The van der Waals surface area contributed by atoms with Crippen molar-refractivity contribution in [1.29, 1.82) is 0 Å². The molecule has 0 aliphatic heterocycles. The minimum atomic E-state index is -0.734. The number of hydrogen-bond acceptors (Lipinski definition) is 6. The van der Waals surface area contributed by atoms with E-state index in [9.17, 15) is 14.7 Å². The first kappa shape index (κ1) is 22.3. The number of alkyl carbamates (subject to hydrolysis) is 2. The van der Waals surface area contributed by atoms with Gasteiger partial charge in [-0.2, -0.15) is 0 Å². The summed E-state index contributed by atoms with van der Waals surface area (Å²) >= 11 is 0. The molecule has 0 saturated heterocycles. The molecule has 0 aliphatic carbocycles. The van der Waals surface area contributed by atoms with Crippen molar-refractivity contribution >= 4 is 18.1 Å². The Hall–Kier alpha value is -2.77. The van der Waals surface area contributed by atoms with Gasteiger partial charge in [-0.05, 0) is 65.7 Å². The predicted molar refractivity (Wildman–Crippen MR) is 103 cm³/mol. The van der Waals surface area contributed by atoms with Crippen LogP contribution in [0.3, 0.4) is 0 Å². The maximum atomic E-state index is 12.0. The van der Waals surface area contributed by atoms with Gasteiger partial charge in [-0.15, -0.1) is 0 Å². The van der Waals surface area contributed by atoms with E-state index >= 15 is 0 Å². The zero-order valence-electron chi connectivity index (χ0n) is 16.8. The average molecular weight is 379 g/mol. The third-order valence-electron chi connectivity index (χ3n) is 2.85. The van der Waals surface area contributed by atoms with Crippen LogP contribution in [0.25, 0.3) is 0 Å². The summed E-state index contributed by atoms with van der Waals surface area (Å²) in [5.74, 6) is 0.124. The number of rotatable bonds is 3. The van der Waals surface area contributed by atoms with E-state index in [-0.39, 0.29) is 11.7 Å². The first-order valence-electron chi connectivity index (χ1n) is 8.66. The second kappa shape index (κ2) is 9.25. The highest BCUT2D eigenvalue weighted by Gasteiger charge is 2.21. The molecule has 150 valence electrons. The number of amides is 2. The molecule has 1 aromatic rings. The van der Waals surface area contributed by atoms with Gasteiger partial charge < -0.3 is 14.6 Å². The van der Waals surface area contributed by atoms with Gasteiger partial charge in [0, 0.05) is 6.54 Å². The Morgan fingerprint density at radius 2 is 1.37 bits per heavy atom. The van der Waals surface area contributed by atoms with Crippen LogP contribution in [-0.4, -0.2) is 41.0 Å². The number of hydrogen-bond donors (Lipinski definition) is 3. The zero-order valence-corrected chi connectivity index (χ0v) is 16.8. The van der Waals surface area contributed by atoms with Gasteiger partial charge in [-0.3, -0.25) is 15.6 Å². The Kier molecular flexibility index (Phi) is 7.63. The fraction of sp³-hybridized carbons (Fsp3) is 0.526. The lowest BCUT2D eigenvalue weighted by Gasteiger charge is -2.22. The number of phenols is 1. The molecule has 1 aromatic carbocycles. The smallest absolute Gasteiger partial charge is 0.414 e. The third-order valence-corrected chi connectivity index (χ3v) is 2.85. The van der Waals surface area contributed by atoms with Crippen molar-refractivity contribution in [2.75, 3.05) is 6.54 Å². The molecule has 0 saturated carbocycles. The number of aliphatic imine (C=N–C) groups is 1. The molecule has 1 rings (SSSR count). The third kappa shape index (κ3) is 10.7. The van der Waals surface area contributed by atoms with Crippen LogP contribution in [0.15, 0.2) is 29.3 Å². The van der Waals surface area contributed by atoms with Crippen LogP contribution in [0.1, 0.15) is 47.1 Å². The monoisotopic (exact) mass is 379 g/mol. The lowest BCUT2D eigenvalue weighted by Crippen LogP contribution is -2.47. The minimum absolute atomic E-state index is 0.0581. The Bertz CT molecular complexity index is 638. The molecule has 0 bridgehead atoms. The van der Waals surface area contributed by atoms with E-state index in [0.29, 0.717) is 13.0 Å². The van der Waals surface area contributed by atoms with E-state index in [1.165, 1.54) is 0 Å². The highest BCUT2D eigenvalue weighted by Crippen LogP contribution is 2.10.